The summed E-state index contributed by atoms with van der Waals surface area (Å²) in [5.74, 6) is -0.616. The highest BCUT2D eigenvalue weighted by Crippen LogP contribution is 2.27. The van der Waals surface area contributed by atoms with Crippen LogP contribution in [0, 0.1) is 5.92 Å². The topological polar surface area (TPSA) is 69.6 Å². The Hall–Kier alpha value is -1.39. The molecule has 2 atom stereocenters. The van der Waals surface area contributed by atoms with Crippen LogP contribution in [0.2, 0.25) is 0 Å². The number of rotatable bonds is 4. The smallest absolute Gasteiger partial charge is 0.307 e. The lowest BCUT2D eigenvalue weighted by Gasteiger charge is -2.17. The van der Waals surface area contributed by atoms with Crippen molar-refractivity contribution in [3.8, 4) is 0 Å². The second kappa shape index (κ2) is 5.29. The molecule has 0 saturated carbocycles. The first-order chi connectivity index (χ1) is 8.16. The van der Waals surface area contributed by atoms with E-state index in [2.05, 4.69) is 5.32 Å². The van der Waals surface area contributed by atoms with E-state index in [1.807, 2.05) is 6.07 Å². The lowest BCUT2D eigenvalue weighted by molar-refractivity contribution is -0.136. The Bertz CT molecular complexity index is 399. The van der Waals surface area contributed by atoms with Crippen molar-refractivity contribution in [2.24, 2.45) is 5.92 Å². The van der Waals surface area contributed by atoms with Gasteiger partial charge >= 0.3 is 5.97 Å². The predicted molar refractivity (Wildman–Crippen MR) is 63.7 cm³/mol. The molecule has 0 bridgehead atoms. The maximum atomic E-state index is 10.6. The fourth-order valence-corrected chi connectivity index (χ4v) is 2.28. The molecule has 92 valence electrons. The van der Waals surface area contributed by atoms with E-state index in [1.54, 1.807) is 18.2 Å². The SMILES string of the molecule is O=C(O)Cc1cccc(C(O)C2CCNC2)c1. The molecule has 1 heterocycles. The molecule has 1 aliphatic rings. The summed E-state index contributed by atoms with van der Waals surface area (Å²) in [6.45, 7) is 1.76. The van der Waals surface area contributed by atoms with Crippen LogP contribution < -0.4 is 5.32 Å². The number of hydrogen-bond acceptors (Lipinski definition) is 3. The van der Waals surface area contributed by atoms with Crippen molar-refractivity contribution in [1.82, 2.24) is 5.32 Å². The normalized spacial score (nSPS) is 21.4. The highest BCUT2D eigenvalue weighted by molar-refractivity contribution is 5.70. The van der Waals surface area contributed by atoms with Gasteiger partial charge in [-0.15, -0.1) is 0 Å². The standard InChI is InChI=1S/C13H17NO3/c15-12(16)7-9-2-1-3-10(6-9)13(17)11-4-5-14-8-11/h1-3,6,11,13-14,17H,4-5,7-8H2,(H,15,16). The monoisotopic (exact) mass is 235 g/mol. The Kier molecular flexibility index (Phi) is 3.76. The van der Waals surface area contributed by atoms with Gasteiger partial charge in [-0.05, 0) is 24.1 Å². The first kappa shape index (κ1) is 12.1. The molecule has 0 aromatic heterocycles. The molecule has 2 rings (SSSR count). The number of aliphatic hydroxyl groups excluding tert-OH is 1. The summed E-state index contributed by atoms with van der Waals surface area (Å²) in [4.78, 5) is 10.6. The molecule has 0 spiro atoms. The van der Waals surface area contributed by atoms with Gasteiger partial charge in [0.1, 0.15) is 0 Å². The maximum Gasteiger partial charge on any atom is 0.307 e. The molecule has 1 aliphatic heterocycles. The van der Waals surface area contributed by atoms with Crippen molar-refractivity contribution < 1.29 is 15.0 Å². The summed E-state index contributed by atoms with van der Waals surface area (Å²) in [6.07, 6.45) is 0.465. The molecular weight excluding hydrogens is 218 g/mol. The van der Waals surface area contributed by atoms with E-state index < -0.39 is 12.1 Å². The van der Waals surface area contributed by atoms with Crippen molar-refractivity contribution in [3.63, 3.8) is 0 Å². The van der Waals surface area contributed by atoms with E-state index in [4.69, 9.17) is 5.11 Å². The van der Waals surface area contributed by atoms with Gasteiger partial charge in [0.25, 0.3) is 0 Å². The Balaban J connectivity index is 2.11. The number of carboxylic acid groups (broad SMARTS) is 1. The molecule has 17 heavy (non-hydrogen) atoms. The zero-order valence-corrected chi connectivity index (χ0v) is 9.60. The van der Waals surface area contributed by atoms with Gasteiger partial charge in [-0.3, -0.25) is 4.79 Å². The van der Waals surface area contributed by atoms with Gasteiger partial charge < -0.3 is 15.5 Å². The van der Waals surface area contributed by atoms with Gasteiger partial charge in [-0.1, -0.05) is 24.3 Å². The van der Waals surface area contributed by atoms with E-state index in [0.717, 1.165) is 30.6 Å². The number of carbonyl (C=O) groups is 1. The van der Waals surface area contributed by atoms with E-state index in [9.17, 15) is 9.90 Å². The van der Waals surface area contributed by atoms with Gasteiger partial charge in [0, 0.05) is 12.5 Å². The van der Waals surface area contributed by atoms with Crippen LogP contribution in [0.1, 0.15) is 23.7 Å². The molecule has 0 radical (unpaired) electrons. The number of aliphatic hydroxyl groups is 1. The van der Waals surface area contributed by atoms with Crippen LogP contribution >= 0.6 is 0 Å². The second-order valence-corrected chi connectivity index (χ2v) is 4.51. The molecule has 3 N–H and O–H groups in total. The summed E-state index contributed by atoms with van der Waals surface area (Å²) in [6, 6.07) is 7.22. The summed E-state index contributed by atoms with van der Waals surface area (Å²) in [7, 11) is 0. The summed E-state index contributed by atoms with van der Waals surface area (Å²) < 4.78 is 0. The maximum absolute atomic E-state index is 10.6. The molecule has 0 amide bonds. The fourth-order valence-electron chi connectivity index (χ4n) is 2.28. The minimum Gasteiger partial charge on any atom is -0.481 e. The van der Waals surface area contributed by atoms with Crippen LogP contribution in [0.5, 0.6) is 0 Å². The molecule has 4 heteroatoms. The third kappa shape index (κ3) is 3.05. The zero-order valence-electron chi connectivity index (χ0n) is 9.60. The van der Waals surface area contributed by atoms with Crippen LogP contribution in [-0.2, 0) is 11.2 Å². The van der Waals surface area contributed by atoms with Gasteiger partial charge in [0.05, 0.1) is 12.5 Å². The van der Waals surface area contributed by atoms with Crippen LogP contribution in [0.4, 0.5) is 0 Å². The third-order valence-electron chi connectivity index (χ3n) is 3.19. The Morgan fingerprint density at radius 2 is 2.35 bits per heavy atom. The Morgan fingerprint density at radius 3 is 3.00 bits per heavy atom. The number of nitrogens with one attached hydrogen (secondary N) is 1. The average molecular weight is 235 g/mol. The fraction of sp³-hybridized carbons (Fsp3) is 0.462. The Labute approximate surface area is 100 Å². The molecule has 1 aromatic rings. The number of carboxylic acids is 1. The lowest BCUT2D eigenvalue weighted by atomic mass is 9.93. The first-order valence-corrected chi connectivity index (χ1v) is 5.86. The minimum absolute atomic E-state index is 0.00345. The van der Waals surface area contributed by atoms with Crippen molar-refractivity contribution >= 4 is 5.97 Å². The van der Waals surface area contributed by atoms with E-state index in [0.29, 0.717) is 0 Å². The van der Waals surface area contributed by atoms with Gasteiger partial charge in [-0.25, -0.2) is 0 Å². The van der Waals surface area contributed by atoms with Crippen LogP contribution in [0.15, 0.2) is 24.3 Å². The average Bonchev–Trinajstić information content (AvgIpc) is 2.81. The van der Waals surface area contributed by atoms with E-state index in [1.165, 1.54) is 0 Å². The third-order valence-corrected chi connectivity index (χ3v) is 3.19. The largest absolute Gasteiger partial charge is 0.481 e. The summed E-state index contributed by atoms with van der Waals surface area (Å²) >= 11 is 0. The molecule has 2 unspecified atom stereocenters. The molecule has 1 aromatic carbocycles. The molecule has 1 saturated heterocycles. The minimum atomic E-state index is -0.848. The van der Waals surface area contributed by atoms with Crippen LogP contribution in [0.3, 0.4) is 0 Å². The van der Waals surface area contributed by atoms with Crippen LogP contribution in [-0.4, -0.2) is 29.3 Å². The molecular formula is C13H17NO3. The summed E-state index contributed by atoms with van der Waals surface area (Å²) in [5, 5.41) is 22.1. The zero-order chi connectivity index (χ0) is 12.3. The van der Waals surface area contributed by atoms with E-state index in [-0.39, 0.29) is 12.3 Å². The van der Waals surface area contributed by atoms with Crippen molar-refractivity contribution in [1.29, 1.82) is 0 Å². The second-order valence-electron chi connectivity index (χ2n) is 4.51. The Morgan fingerprint density at radius 1 is 1.53 bits per heavy atom. The molecule has 0 aliphatic carbocycles. The molecule has 4 nitrogen and oxygen atoms in total. The number of hydrogen-bond donors (Lipinski definition) is 3. The molecule has 1 fully saturated rings. The van der Waals surface area contributed by atoms with Gasteiger partial charge in [0.2, 0.25) is 0 Å². The lowest BCUT2D eigenvalue weighted by Crippen LogP contribution is -2.16. The van der Waals surface area contributed by atoms with Crippen molar-refractivity contribution in [2.45, 2.75) is 18.9 Å². The summed E-state index contributed by atoms with van der Waals surface area (Å²) in [5.41, 5.74) is 1.55. The quantitative estimate of drug-likeness (QED) is 0.727. The predicted octanol–water partition coefficient (Wildman–Crippen LogP) is 0.957. The van der Waals surface area contributed by atoms with E-state index >= 15 is 0 Å². The van der Waals surface area contributed by atoms with Crippen LogP contribution in [0.25, 0.3) is 0 Å². The van der Waals surface area contributed by atoms with Crippen molar-refractivity contribution in [3.05, 3.63) is 35.4 Å². The van der Waals surface area contributed by atoms with Crippen molar-refractivity contribution in [2.75, 3.05) is 13.1 Å². The highest BCUT2D eigenvalue weighted by Gasteiger charge is 2.24. The first-order valence-electron chi connectivity index (χ1n) is 5.86. The van der Waals surface area contributed by atoms with Gasteiger partial charge in [0.15, 0.2) is 0 Å². The highest BCUT2D eigenvalue weighted by atomic mass is 16.4. The van der Waals surface area contributed by atoms with Gasteiger partial charge in [-0.2, -0.15) is 0 Å². The number of benzene rings is 1. The number of aliphatic carboxylic acids is 1.